The maximum absolute atomic E-state index is 13.3. The largest absolute Gasteiger partial charge is 0.493 e. The molecule has 2 aromatic carbocycles. The molecule has 0 fully saturated rings. The van der Waals surface area contributed by atoms with E-state index in [0.717, 1.165) is 4.57 Å². The van der Waals surface area contributed by atoms with Gasteiger partial charge in [-0.05, 0) is 24.3 Å². The minimum atomic E-state index is -4.73. The molecule has 0 aliphatic carbocycles. The number of carbonyl (C=O) groups is 1. The average Bonchev–Trinajstić information content (AvgIpc) is 3.01. The van der Waals surface area contributed by atoms with Gasteiger partial charge < -0.3 is 14.0 Å². The van der Waals surface area contributed by atoms with Crippen LogP contribution in [0.25, 0.3) is 11.0 Å². The monoisotopic (exact) mass is 375 g/mol. The number of esters is 1. The van der Waals surface area contributed by atoms with Crippen molar-refractivity contribution in [3.63, 3.8) is 0 Å². The van der Waals surface area contributed by atoms with Crippen LogP contribution in [0.2, 0.25) is 0 Å². The number of alkyl halides is 3. The maximum atomic E-state index is 13.3. The highest BCUT2D eigenvalue weighted by Crippen LogP contribution is 2.32. The van der Waals surface area contributed by atoms with Gasteiger partial charge in [-0.3, -0.25) is 0 Å². The predicted molar refractivity (Wildman–Crippen MR) is 88.1 cm³/mol. The van der Waals surface area contributed by atoms with Crippen LogP contribution < -0.4 is 9.47 Å². The van der Waals surface area contributed by atoms with Crippen molar-refractivity contribution in [2.45, 2.75) is 12.7 Å². The van der Waals surface area contributed by atoms with E-state index in [4.69, 9.17) is 14.7 Å². The Morgan fingerprint density at radius 2 is 1.96 bits per heavy atom. The molecule has 3 aromatic rings. The second-order valence-electron chi connectivity index (χ2n) is 5.46. The summed E-state index contributed by atoms with van der Waals surface area (Å²) in [5, 5.41) is 8.88. The van der Waals surface area contributed by atoms with Crippen molar-refractivity contribution in [3.05, 3.63) is 53.9 Å². The summed E-state index contributed by atoms with van der Waals surface area (Å²) in [5.74, 6) is -2.01. The smallest absolute Gasteiger partial charge is 0.449 e. The first-order chi connectivity index (χ1) is 12.8. The van der Waals surface area contributed by atoms with Crippen molar-refractivity contribution in [2.75, 3.05) is 7.11 Å². The minimum absolute atomic E-state index is 0.000482. The Kier molecular flexibility index (Phi) is 4.73. The zero-order valence-corrected chi connectivity index (χ0v) is 13.9. The first-order valence-corrected chi connectivity index (χ1v) is 7.64. The van der Waals surface area contributed by atoms with Gasteiger partial charge in [-0.1, -0.05) is 12.1 Å². The molecule has 9 heteroatoms. The first-order valence-electron chi connectivity index (χ1n) is 7.64. The van der Waals surface area contributed by atoms with Gasteiger partial charge in [-0.25, -0.2) is 9.78 Å². The number of aromatic nitrogens is 2. The van der Waals surface area contributed by atoms with Gasteiger partial charge in [0.25, 0.3) is 0 Å². The van der Waals surface area contributed by atoms with Crippen LogP contribution in [0.3, 0.4) is 0 Å². The summed E-state index contributed by atoms with van der Waals surface area (Å²) < 4.78 is 50.8. The van der Waals surface area contributed by atoms with Crippen molar-refractivity contribution in [1.29, 1.82) is 5.26 Å². The lowest BCUT2D eigenvalue weighted by Crippen LogP contribution is -2.22. The molecule has 0 unspecified atom stereocenters. The highest BCUT2D eigenvalue weighted by Gasteiger charge is 2.38. The van der Waals surface area contributed by atoms with Gasteiger partial charge in [0.15, 0.2) is 11.5 Å². The number of imidazole rings is 1. The fourth-order valence-corrected chi connectivity index (χ4v) is 2.56. The summed E-state index contributed by atoms with van der Waals surface area (Å²) in [4.78, 5) is 15.8. The average molecular weight is 375 g/mol. The maximum Gasteiger partial charge on any atom is 0.449 e. The summed E-state index contributed by atoms with van der Waals surface area (Å²) in [6.45, 7) is -0.696. The van der Waals surface area contributed by atoms with E-state index in [2.05, 4.69) is 4.98 Å². The summed E-state index contributed by atoms with van der Waals surface area (Å²) in [6, 6.07) is 12.0. The zero-order valence-electron chi connectivity index (χ0n) is 13.9. The van der Waals surface area contributed by atoms with Crippen LogP contribution in [0, 0.1) is 11.3 Å². The van der Waals surface area contributed by atoms with E-state index in [-0.39, 0.29) is 28.1 Å². The molecule has 3 rings (SSSR count). The van der Waals surface area contributed by atoms with Gasteiger partial charge in [0, 0.05) is 6.07 Å². The van der Waals surface area contributed by atoms with Gasteiger partial charge >= 0.3 is 12.1 Å². The third-order valence-electron chi connectivity index (χ3n) is 3.71. The topological polar surface area (TPSA) is 77.1 Å². The van der Waals surface area contributed by atoms with Crippen LogP contribution in [0.4, 0.5) is 13.2 Å². The van der Waals surface area contributed by atoms with Crippen molar-refractivity contribution < 1.29 is 27.4 Å². The Morgan fingerprint density at radius 3 is 2.63 bits per heavy atom. The van der Waals surface area contributed by atoms with Crippen LogP contribution in [-0.2, 0) is 17.5 Å². The molecule has 0 N–H and O–H groups in total. The van der Waals surface area contributed by atoms with E-state index in [0.29, 0.717) is 0 Å². The Morgan fingerprint density at radius 1 is 1.22 bits per heavy atom. The Bertz CT molecular complexity index is 1050. The number of hydrogen-bond acceptors (Lipinski definition) is 5. The second-order valence-corrected chi connectivity index (χ2v) is 5.46. The molecule has 0 aliphatic rings. The molecule has 0 aliphatic heterocycles. The molecule has 0 spiro atoms. The minimum Gasteiger partial charge on any atom is -0.493 e. The fraction of sp³-hybridized carbons (Fsp3) is 0.167. The third kappa shape index (κ3) is 3.69. The number of fused-ring (bicyclic) bond motifs is 1. The van der Waals surface area contributed by atoms with Crippen LogP contribution in [-0.4, -0.2) is 22.6 Å². The van der Waals surface area contributed by atoms with Crippen LogP contribution >= 0.6 is 0 Å². The summed E-state index contributed by atoms with van der Waals surface area (Å²) in [6.07, 6.45) is -4.73. The molecule has 138 valence electrons. The molecule has 6 nitrogen and oxygen atoms in total. The Balaban J connectivity index is 1.92. The number of para-hydroxylation sites is 2. The van der Waals surface area contributed by atoms with Gasteiger partial charge in [0.05, 0.1) is 29.8 Å². The number of hydrogen-bond donors (Lipinski definition) is 0. The molecule has 0 amide bonds. The van der Waals surface area contributed by atoms with Crippen LogP contribution in [0.5, 0.6) is 11.5 Å². The number of nitrogens with zero attached hydrogens (tertiary/aromatic N) is 3. The van der Waals surface area contributed by atoms with E-state index < -0.39 is 24.5 Å². The number of nitriles is 1. The van der Waals surface area contributed by atoms with Gasteiger partial charge in [0.1, 0.15) is 6.54 Å². The van der Waals surface area contributed by atoms with Crippen LogP contribution in [0.1, 0.15) is 11.4 Å². The number of rotatable bonds is 4. The number of ether oxygens (including phenoxy) is 2. The van der Waals surface area contributed by atoms with Gasteiger partial charge in [0.2, 0.25) is 5.82 Å². The quantitative estimate of drug-likeness (QED) is 0.515. The van der Waals surface area contributed by atoms with Crippen molar-refractivity contribution in [2.24, 2.45) is 0 Å². The van der Waals surface area contributed by atoms with E-state index in [1.807, 2.05) is 6.07 Å². The molecule has 1 aromatic heterocycles. The lowest BCUT2D eigenvalue weighted by Gasteiger charge is -2.12. The SMILES string of the molecule is COc1cc(C#N)ccc1OC(=O)Cn1c(C(F)(F)F)nc2ccccc21. The van der Waals surface area contributed by atoms with E-state index in [1.54, 1.807) is 12.1 Å². The number of carbonyl (C=O) groups excluding carboxylic acids is 1. The standard InChI is InChI=1S/C18H12F3N3O3/c1-26-15-8-11(9-22)6-7-14(15)27-16(25)10-24-13-5-3-2-4-12(13)23-17(24)18(19,20)21/h2-8H,10H2,1H3. The molecule has 0 bridgehead atoms. The van der Waals surface area contributed by atoms with E-state index in [9.17, 15) is 18.0 Å². The number of halogens is 3. The highest BCUT2D eigenvalue weighted by atomic mass is 19.4. The predicted octanol–water partition coefficient (Wildman–Crippen LogP) is 3.54. The summed E-state index contributed by atoms with van der Waals surface area (Å²) in [5.41, 5.74) is 0.564. The lowest BCUT2D eigenvalue weighted by molar-refractivity contribution is -0.148. The molecule has 1 heterocycles. The summed E-state index contributed by atoms with van der Waals surface area (Å²) >= 11 is 0. The van der Waals surface area contributed by atoms with Crippen LogP contribution in [0.15, 0.2) is 42.5 Å². The molecular formula is C18H12F3N3O3. The Hall–Kier alpha value is -3.54. The molecule has 0 atom stereocenters. The second kappa shape index (κ2) is 6.99. The van der Waals surface area contributed by atoms with Crippen molar-refractivity contribution in [3.8, 4) is 17.6 Å². The zero-order chi connectivity index (χ0) is 19.6. The highest BCUT2D eigenvalue weighted by molar-refractivity contribution is 5.80. The third-order valence-corrected chi connectivity index (χ3v) is 3.71. The molecule has 0 saturated heterocycles. The molecule has 27 heavy (non-hydrogen) atoms. The number of benzene rings is 2. The molecular weight excluding hydrogens is 363 g/mol. The molecule has 0 radical (unpaired) electrons. The summed E-state index contributed by atoms with van der Waals surface area (Å²) in [7, 11) is 1.32. The van der Waals surface area contributed by atoms with E-state index in [1.165, 1.54) is 37.4 Å². The van der Waals surface area contributed by atoms with Gasteiger partial charge in [-0.15, -0.1) is 0 Å². The van der Waals surface area contributed by atoms with E-state index >= 15 is 0 Å². The van der Waals surface area contributed by atoms with Crippen molar-refractivity contribution >= 4 is 17.0 Å². The van der Waals surface area contributed by atoms with Crippen molar-refractivity contribution in [1.82, 2.24) is 9.55 Å². The lowest BCUT2D eigenvalue weighted by atomic mass is 10.2. The molecule has 0 saturated carbocycles. The Labute approximate surface area is 151 Å². The normalized spacial score (nSPS) is 11.2. The first kappa shape index (κ1) is 18.3. The van der Waals surface area contributed by atoms with Gasteiger partial charge in [-0.2, -0.15) is 18.4 Å². The fourth-order valence-electron chi connectivity index (χ4n) is 2.56. The number of methoxy groups -OCH3 is 1.